The molecule has 1 N–H and O–H groups in total. The standard InChI is InChI=1S/C15H18N2O3S/c1-11(2)20-13-5-3-12(4-6-13)19-9-10-21-15-16-8-7-14(18)17-15/h3-8,11H,9-10H2,1-2H3,(H,16,17,18). The number of H-pyrrole nitrogens is 1. The van der Waals surface area contributed by atoms with E-state index in [-0.39, 0.29) is 11.7 Å². The minimum absolute atomic E-state index is 0.144. The highest BCUT2D eigenvalue weighted by Gasteiger charge is 2.00. The molecule has 0 fully saturated rings. The van der Waals surface area contributed by atoms with Gasteiger partial charge in [-0.2, -0.15) is 0 Å². The van der Waals surface area contributed by atoms with Crippen LogP contribution in [0.4, 0.5) is 0 Å². The Morgan fingerprint density at radius 3 is 2.57 bits per heavy atom. The number of nitrogens with zero attached hydrogens (tertiary/aromatic N) is 1. The Bertz CT molecular complexity index is 611. The first-order valence-electron chi connectivity index (χ1n) is 6.71. The van der Waals surface area contributed by atoms with Gasteiger partial charge < -0.3 is 14.5 Å². The molecule has 0 atom stereocenters. The molecule has 0 amide bonds. The summed E-state index contributed by atoms with van der Waals surface area (Å²) in [5.41, 5.74) is -0.144. The van der Waals surface area contributed by atoms with Crippen molar-refractivity contribution in [1.29, 1.82) is 0 Å². The SMILES string of the molecule is CC(C)Oc1ccc(OCCSc2nccc(=O)[nH]2)cc1. The lowest BCUT2D eigenvalue weighted by molar-refractivity contribution is 0.242. The van der Waals surface area contributed by atoms with Crippen LogP contribution in [0, 0.1) is 0 Å². The first kappa shape index (κ1) is 15.4. The fourth-order valence-electron chi connectivity index (χ4n) is 1.61. The van der Waals surface area contributed by atoms with Gasteiger partial charge in [0.1, 0.15) is 11.5 Å². The van der Waals surface area contributed by atoms with Crippen molar-refractivity contribution in [1.82, 2.24) is 9.97 Å². The first-order valence-corrected chi connectivity index (χ1v) is 7.70. The maximum atomic E-state index is 11.1. The van der Waals surface area contributed by atoms with Gasteiger partial charge >= 0.3 is 0 Å². The van der Waals surface area contributed by atoms with E-state index >= 15 is 0 Å². The van der Waals surface area contributed by atoms with Gasteiger partial charge in [-0.1, -0.05) is 11.8 Å². The van der Waals surface area contributed by atoms with Crippen LogP contribution in [0.25, 0.3) is 0 Å². The molecule has 0 aliphatic carbocycles. The molecule has 0 spiro atoms. The molecule has 112 valence electrons. The van der Waals surface area contributed by atoms with Gasteiger partial charge in [-0.05, 0) is 38.1 Å². The molecule has 0 aliphatic rings. The van der Waals surface area contributed by atoms with Crippen LogP contribution in [0.1, 0.15) is 13.8 Å². The van der Waals surface area contributed by atoms with E-state index < -0.39 is 0 Å². The molecule has 0 radical (unpaired) electrons. The van der Waals surface area contributed by atoms with Crippen LogP contribution in [-0.2, 0) is 0 Å². The largest absolute Gasteiger partial charge is 0.493 e. The summed E-state index contributed by atoms with van der Waals surface area (Å²) in [6, 6.07) is 8.93. The van der Waals surface area contributed by atoms with Gasteiger partial charge in [0, 0.05) is 18.0 Å². The number of hydrogen-bond acceptors (Lipinski definition) is 5. The molecule has 1 aromatic carbocycles. The first-order chi connectivity index (χ1) is 10.1. The third-order valence-electron chi connectivity index (χ3n) is 2.43. The van der Waals surface area contributed by atoms with Crippen molar-refractivity contribution in [3.63, 3.8) is 0 Å². The fourth-order valence-corrected chi connectivity index (χ4v) is 2.28. The van der Waals surface area contributed by atoms with Crippen molar-refractivity contribution in [2.24, 2.45) is 0 Å². The molecule has 1 aromatic heterocycles. The maximum Gasteiger partial charge on any atom is 0.251 e. The highest BCUT2D eigenvalue weighted by molar-refractivity contribution is 7.99. The summed E-state index contributed by atoms with van der Waals surface area (Å²) in [7, 11) is 0. The number of aromatic amines is 1. The van der Waals surface area contributed by atoms with E-state index in [1.165, 1.54) is 24.0 Å². The number of hydrogen-bond donors (Lipinski definition) is 1. The quantitative estimate of drug-likeness (QED) is 0.484. The summed E-state index contributed by atoms with van der Waals surface area (Å²) in [6.07, 6.45) is 1.66. The number of ether oxygens (including phenoxy) is 2. The van der Waals surface area contributed by atoms with E-state index in [1.807, 2.05) is 38.1 Å². The number of rotatable bonds is 7. The number of benzene rings is 1. The van der Waals surface area contributed by atoms with Gasteiger partial charge in [0.2, 0.25) is 0 Å². The fraction of sp³-hybridized carbons (Fsp3) is 0.333. The summed E-state index contributed by atoms with van der Waals surface area (Å²) in [4.78, 5) is 17.8. The molecule has 0 aliphatic heterocycles. The van der Waals surface area contributed by atoms with Gasteiger partial charge in [-0.25, -0.2) is 4.98 Å². The number of nitrogens with one attached hydrogen (secondary N) is 1. The normalized spacial score (nSPS) is 10.6. The molecular weight excluding hydrogens is 288 g/mol. The zero-order valence-electron chi connectivity index (χ0n) is 12.0. The van der Waals surface area contributed by atoms with Gasteiger partial charge in [0.25, 0.3) is 5.56 Å². The Labute approximate surface area is 127 Å². The smallest absolute Gasteiger partial charge is 0.251 e. The minimum atomic E-state index is -0.144. The van der Waals surface area contributed by atoms with Crippen molar-refractivity contribution in [3.05, 3.63) is 46.9 Å². The van der Waals surface area contributed by atoms with Crippen LogP contribution in [-0.4, -0.2) is 28.4 Å². The summed E-state index contributed by atoms with van der Waals surface area (Å²) >= 11 is 1.45. The van der Waals surface area contributed by atoms with Crippen LogP contribution < -0.4 is 15.0 Å². The van der Waals surface area contributed by atoms with Gasteiger partial charge in [-0.15, -0.1) is 0 Å². The van der Waals surface area contributed by atoms with Gasteiger partial charge in [0.05, 0.1) is 12.7 Å². The Hall–Kier alpha value is -1.95. The second-order valence-electron chi connectivity index (χ2n) is 4.57. The molecule has 2 rings (SSSR count). The topological polar surface area (TPSA) is 64.2 Å². The zero-order chi connectivity index (χ0) is 15.1. The predicted molar refractivity (Wildman–Crippen MR) is 83.3 cm³/mol. The van der Waals surface area contributed by atoms with Crippen molar-refractivity contribution < 1.29 is 9.47 Å². The lowest BCUT2D eigenvalue weighted by atomic mass is 10.3. The molecule has 0 bridgehead atoms. The van der Waals surface area contributed by atoms with E-state index in [0.29, 0.717) is 17.5 Å². The Balaban J connectivity index is 1.74. The molecule has 0 saturated carbocycles. The van der Waals surface area contributed by atoms with E-state index in [4.69, 9.17) is 9.47 Å². The molecular formula is C15H18N2O3S. The van der Waals surface area contributed by atoms with E-state index in [2.05, 4.69) is 9.97 Å². The van der Waals surface area contributed by atoms with Crippen molar-refractivity contribution >= 4 is 11.8 Å². The lowest BCUT2D eigenvalue weighted by Crippen LogP contribution is -2.07. The zero-order valence-corrected chi connectivity index (χ0v) is 12.9. The number of thioether (sulfide) groups is 1. The van der Waals surface area contributed by atoms with Crippen molar-refractivity contribution in [2.75, 3.05) is 12.4 Å². The average molecular weight is 306 g/mol. The lowest BCUT2D eigenvalue weighted by Gasteiger charge is -2.10. The van der Waals surface area contributed by atoms with E-state index in [0.717, 1.165) is 11.5 Å². The summed E-state index contributed by atoms with van der Waals surface area (Å²) in [5, 5.41) is 0.604. The molecule has 21 heavy (non-hydrogen) atoms. The number of aromatic nitrogens is 2. The summed E-state index contributed by atoms with van der Waals surface area (Å²) in [6.45, 7) is 4.51. The van der Waals surface area contributed by atoms with Gasteiger partial charge in [-0.3, -0.25) is 4.79 Å². The van der Waals surface area contributed by atoms with Crippen LogP contribution in [0.3, 0.4) is 0 Å². The van der Waals surface area contributed by atoms with Crippen molar-refractivity contribution in [2.45, 2.75) is 25.1 Å². The molecule has 6 heteroatoms. The minimum Gasteiger partial charge on any atom is -0.493 e. The van der Waals surface area contributed by atoms with Crippen molar-refractivity contribution in [3.8, 4) is 11.5 Å². The van der Waals surface area contributed by atoms with Crippen LogP contribution in [0.2, 0.25) is 0 Å². The van der Waals surface area contributed by atoms with E-state index in [9.17, 15) is 4.79 Å². The molecule has 5 nitrogen and oxygen atoms in total. The third kappa shape index (κ3) is 5.51. The summed E-state index contributed by atoms with van der Waals surface area (Å²) in [5.74, 6) is 2.33. The summed E-state index contributed by atoms with van der Waals surface area (Å²) < 4.78 is 11.2. The Kier molecular flexibility index (Phi) is 5.68. The van der Waals surface area contributed by atoms with Crippen LogP contribution >= 0.6 is 11.8 Å². The van der Waals surface area contributed by atoms with E-state index in [1.54, 1.807) is 0 Å². The highest BCUT2D eigenvalue weighted by Crippen LogP contribution is 2.19. The highest BCUT2D eigenvalue weighted by atomic mass is 32.2. The molecule has 1 heterocycles. The van der Waals surface area contributed by atoms with Crippen LogP contribution in [0.5, 0.6) is 11.5 Å². The molecule has 0 unspecified atom stereocenters. The molecule has 2 aromatic rings. The Morgan fingerprint density at radius 2 is 1.90 bits per heavy atom. The Morgan fingerprint density at radius 1 is 1.19 bits per heavy atom. The monoisotopic (exact) mass is 306 g/mol. The third-order valence-corrected chi connectivity index (χ3v) is 3.29. The van der Waals surface area contributed by atoms with Crippen LogP contribution in [0.15, 0.2) is 46.5 Å². The second kappa shape index (κ2) is 7.73. The maximum absolute atomic E-state index is 11.1. The van der Waals surface area contributed by atoms with Gasteiger partial charge in [0.15, 0.2) is 5.16 Å². The molecule has 0 saturated heterocycles. The second-order valence-corrected chi connectivity index (χ2v) is 5.66. The predicted octanol–water partition coefficient (Wildman–Crippen LogP) is 2.73. The average Bonchev–Trinajstić information content (AvgIpc) is 2.45.